The largest absolute Gasteiger partial charge is 0.457 e. The van der Waals surface area contributed by atoms with Crippen LogP contribution in [0.3, 0.4) is 0 Å². The van der Waals surface area contributed by atoms with Gasteiger partial charge >= 0.3 is 0 Å². The first-order valence-corrected chi connectivity index (χ1v) is 27.9. The van der Waals surface area contributed by atoms with Crippen LogP contribution in [0.4, 0.5) is 30.2 Å². The van der Waals surface area contributed by atoms with Crippen molar-refractivity contribution in [2.24, 2.45) is 0 Å². The number of hydrogen-bond donors (Lipinski definition) is 0. The van der Waals surface area contributed by atoms with E-state index in [0.29, 0.717) is 23.0 Å². The molecule has 12 aromatic rings. The molecule has 0 aliphatic heterocycles. The Balaban J connectivity index is 0.973. The van der Waals surface area contributed by atoms with Gasteiger partial charge in [-0.15, -0.1) is 0 Å². The predicted octanol–water partition coefficient (Wildman–Crippen LogP) is 20.8. The van der Waals surface area contributed by atoms with E-state index in [1.165, 1.54) is 24.3 Å². The van der Waals surface area contributed by atoms with E-state index >= 15 is 8.78 Å². The molecule has 0 radical (unpaired) electrons. The number of nitrogens with zero attached hydrogens (tertiary/aromatic N) is 1. The Kier molecular flexibility index (Phi) is 12.9. The Morgan fingerprint density at radius 3 is 1.07 bits per heavy atom. The molecule has 84 heavy (non-hydrogen) atoms. The van der Waals surface area contributed by atoms with Crippen molar-refractivity contribution in [3.8, 4) is 56.4 Å². The summed E-state index contributed by atoms with van der Waals surface area (Å²) in [6.45, 7) is 7.79. The Morgan fingerprint density at radius 2 is 0.667 bits per heavy atom. The van der Waals surface area contributed by atoms with Crippen molar-refractivity contribution < 1.29 is 22.6 Å². The molecule has 402 valence electrons. The van der Waals surface area contributed by atoms with Crippen LogP contribution in [0.5, 0.6) is 23.0 Å². The van der Waals surface area contributed by atoms with Gasteiger partial charge in [-0.05, 0) is 210 Å². The van der Waals surface area contributed by atoms with Gasteiger partial charge in [-0.1, -0.05) is 183 Å². The topological polar surface area (TPSA) is 21.7 Å². The lowest BCUT2D eigenvalue weighted by atomic mass is 9.67. The van der Waals surface area contributed by atoms with Gasteiger partial charge < -0.3 is 14.4 Å². The Hall–Kier alpha value is -10.7. The summed E-state index contributed by atoms with van der Waals surface area (Å²) < 4.78 is 59.1. The third-order valence-corrected chi connectivity index (χ3v) is 16.7. The number of rotatable bonds is 14. The highest BCUT2D eigenvalue weighted by Crippen LogP contribution is 2.60. The molecule has 0 aromatic heterocycles. The minimum absolute atomic E-state index is 0.305. The van der Waals surface area contributed by atoms with Crippen LogP contribution < -0.4 is 14.4 Å². The zero-order valence-electron chi connectivity index (χ0n) is 45.5. The normalized spacial score (nSPS) is 15.3. The van der Waals surface area contributed by atoms with E-state index in [4.69, 9.17) is 9.47 Å². The standard InChI is InChI=1S/C78H52F3NO2/c1-3-51-19-37-65(38-20-51)83-67-41-27-55(28-42-67)77(57-11-9-13-60(80)47-57)73-17-7-5-15-69(73)71-45-35-63(49-75(71)77)82(62-33-25-54(26-34-62)53-23-31-59(79)32-24-53)64-36-46-72-70-16-6-8-18-74(70)78(76(72)50-64,58-12-10-14-61(81)48-58)56-29-43-68(44-30-56)84-66-39-21-52(4-2)22-40-66/h3-50H,1-2H2. The summed E-state index contributed by atoms with van der Waals surface area (Å²) in [5, 5.41) is 0. The number of halogens is 3. The lowest BCUT2D eigenvalue weighted by Gasteiger charge is -2.36. The van der Waals surface area contributed by atoms with E-state index < -0.39 is 10.8 Å². The molecular weight excluding hydrogens is 1040 g/mol. The van der Waals surface area contributed by atoms with Gasteiger partial charge in [0.2, 0.25) is 0 Å². The van der Waals surface area contributed by atoms with E-state index in [1.807, 2.05) is 84.9 Å². The Labute approximate surface area is 486 Å². The minimum atomic E-state index is -0.997. The molecule has 0 saturated heterocycles. The van der Waals surface area contributed by atoms with E-state index in [1.54, 1.807) is 48.6 Å². The van der Waals surface area contributed by atoms with Gasteiger partial charge in [-0.25, -0.2) is 13.2 Å². The highest BCUT2D eigenvalue weighted by atomic mass is 19.1. The van der Waals surface area contributed by atoms with Crippen LogP contribution in [0, 0.1) is 17.5 Å². The molecule has 2 atom stereocenters. The lowest BCUT2D eigenvalue weighted by Crippen LogP contribution is -2.29. The fraction of sp³-hybridized carbons (Fsp3) is 0.0256. The predicted molar refractivity (Wildman–Crippen MR) is 334 cm³/mol. The molecule has 14 rings (SSSR count). The van der Waals surface area contributed by atoms with Gasteiger partial charge in [0.25, 0.3) is 0 Å². The molecule has 0 amide bonds. The second kappa shape index (κ2) is 21.0. The molecule has 2 unspecified atom stereocenters. The number of anilines is 3. The fourth-order valence-electron chi connectivity index (χ4n) is 12.9. The number of benzene rings is 12. The van der Waals surface area contributed by atoms with Gasteiger partial charge in [0.1, 0.15) is 40.4 Å². The highest BCUT2D eigenvalue weighted by Gasteiger charge is 2.48. The van der Waals surface area contributed by atoms with Crippen molar-refractivity contribution in [3.63, 3.8) is 0 Å². The summed E-state index contributed by atoms with van der Waals surface area (Å²) in [6, 6.07) is 90.5. The van der Waals surface area contributed by atoms with Crippen molar-refractivity contribution in [3.05, 3.63) is 365 Å². The summed E-state index contributed by atoms with van der Waals surface area (Å²) in [5.41, 5.74) is 15.8. The molecule has 2 aliphatic rings. The maximum Gasteiger partial charge on any atom is 0.127 e. The quantitative estimate of drug-likeness (QED) is 0.108. The first-order chi connectivity index (χ1) is 41.2. The maximum atomic E-state index is 16.0. The van der Waals surface area contributed by atoms with Crippen molar-refractivity contribution in [2.45, 2.75) is 10.8 Å². The first-order valence-electron chi connectivity index (χ1n) is 27.9. The van der Waals surface area contributed by atoms with E-state index in [-0.39, 0.29) is 17.5 Å². The zero-order chi connectivity index (χ0) is 56.9. The lowest BCUT2D eigenvalue weighted by molar-refractivity contribution is 0.482. The van der Waals surface area contributed by atoms with Gasteiger partial charge in [0.15, 0.2) is 0 Å². The summed E-state index contributed by atoms with van der Waals surface area (Å²) in [4.78, 5) is 2.26. The van der Waals surface area contributed by atoms with Crippen molar-refractivity contribution >= 4 is 29.2 Å². The van der Waals surface area contributed by atoms with Crippen molar-refractivity contribution in [1.82, 2.24) is 0 Å². The average Bonchev–Trinajstić information content (AvgIpc) is 4.04. The maximum absolute atomic E-state index is 16.0. The van der Waals surface area contributed by atoms with Gasteiger partial charge in [0.05, 0.1) is 10.8 Å². The average molecular weight is 1090 g/mol. The van der Waals surface area contributed by atoms with E-state index in [0.717, 1.165) is 106 Å². The van der Waals surface area contributed by atoms with Crippen molar-refractivity contribution in [1.29, 1.82) is 0 Å². The Morgan fingerprint density at radius 1 is 0.298 bits per heavy atom. The molecule has 3 nitrogen and oxygen atoms in total. The second-order valence-electron chi connectivity index (χ2n) is 21.3. The molecular formula is C78H52F3NO2. The van der Waals surface area contributed by atoms with Crippen LogP contribution in [-0.2, 0) is 10.8 Å². The van der Waals surface area contributed by atoms with Crippen LogP contribution in [0.15, 0.2) is 292 Å². The van der Waals surface area contributed by atoms with Crippen LogP contribution in [0.25, 0.3) is 45.5 Å². The van der Waals surface area contributed by atoms with Gasteiger partial charge in [-0.2, -0.15) is 0 Å². The van der Waals surface area contributed by atoms with Gasteiger partial charge in [-0.3, -0.25) is 0 Å². The molecule has 0 N–H and O–H groups in total. The monoisotopic (exact) mass is 1090 g/mol. The molecule has 0 spiro atoms. The number of fused-ring (bicyclic) bond motifs is 6. The summed E-state index contributed by atoms with van der Waals surface area (Å²) in [6.07, 6.45) is 3.60. The highest BCUT2D eigenvalue weighted by molar-refractivity contribution is 5.92. The number of hydrogen-bond acceptors (Lipinski definition) is 3. The summed E-state index contributed by atoms with van der Waals surface area (Å²) in [5.74, 6) is 1.70. The summed E-state index contributed by atoms with van der Waals surface area (Å²) >= 11 is 0. The van der Waals surface area contributed by atoms with E-state index in [9.17, 15) is 4.39 Å². The second-order valence-corrected chi connectivity index (χ2v) is 21.3. The summed E-state index contributed by atoms with van der Waals surface area (Å²) in [7, 11) is 0. The third kappa shape index (κ3) is 8.70. The van der Waals surface area contributed by atoms with E-state index in [2.05, 4.69) is 152 Å². The molecule has 0 fully saturated rings. The van der Waals surface area contributed by atoms with Crippen LogP contribution >= 0.6 is 0 Å². The third-order valence-electron chi connectivity index (χ3n) is 16.7. The molecule has 0 bridgehead atoms. The molecule has 0 heterocycles. The fourth-order valence-corrected chi connectivity index (χ4v) is 12.9. The van der Waals surface area contributed by atoms with Crippen LogP contribution in [0.1, 0.15) is 55.6 Å². The van der Waals surface area contributed by atoms with Crippen molar-refractivity contribution in [2.75, 3.05) is 4.90 Å². The molecule has 0 saturated carbocycles. The zero-order valence-corrected chi connectivity index (χ0v) is 45.5. The molecule has 2 aliphatic carbocycles. The van der Waals surface area contributed by atoms with Crippen LogP contribution in [-0.4, -0.2) is 0 Å². The van der Waals surface area contributed by atoms with Crippen LogP contribution in [0.2, 0.25) is 0 Å². The molecule has 12 aromatic carbocycles. The molecule has 6 heteroatoms. The first kappa shape index (κ1) is 51.5. The van der Waals surface area contributed by atoms with Gasteiger partial charge in [0, 0.05) is 17.1 Å². The number of ether oxygens (including phenoxy) is 2. The smallest absolute Gasteiger partial charge is 0.127 e. The SMILES string of the molecule is C=Cc1ccc(Oc2ccc(C3(c4cccc(F)c4)c4ccccc4-c4ccc(N(c5ccc(-c6ccc(F)cc6)cc5)c5ccc6c(c5)C(c5ccc(Oc7ccc(C=C)cc7)cc5)(c5cccc(F)c5)c5ccccc5-6)cc43)cc2)cc1. The Bertz CT molecular complexity index is 4230. The minimum Gasteiger partial charge on any atom is -0.457 e.